The van der Waals surface area contributed by atoms with Gasteiger partial charge in [0.2, 0.25) is 10.5 Å². The van der Waals surface area contributed by atoms with Gasteiger partial charge in [-0.05, 0) is 18.6 Å². The molecule has 90 valence electrons. The maximum atomic E-state index is 3.62. The molecular formula is C13H13Br2NS. The number of pyridine rings is 1. The van der Waals surface area contributed by atoms with Crippen LogP contribution in [0.15, 0.2) is 35.4 Å². The van der Waals surface area contributed by atoms with E-state index in [1.54, 1.807) is 0 Å². The Hall–Kier alpha value is -0.0600. The molecule has 0 radical (unpaired) electrons. The van der Waals surface area contributed by atoms with E-state index in [0.29, 0.717) is 6.04 Å². The molecule has 1 aromatic carbocycles. The van der Waals surface area contributed by atoms with E-state index in [0.717, 1.165) is 5.33 Å². The van der Waals surface area contributed by atoms with Crippen molar-refractivity contribution >= 4 is 38.6 Å². The molecule has 0 fully saturated rings. The number of halogens is 2. The van der Waals surface area contributed by atoms with Gasteiger partial charge in [0.15, 0.2) is 6.04 Å². The van der Waals surface area contributed by atoms with Crippen LogP contribution in [0.4, 0.5) is 0 Å². The molecule has 1 aromatic heterocycles. The van der Waals surface area contributed by atoms with Crippen molar-refractivity contribution in [3.63, 3.8) is 0 Å². The lowest BCUT2D eigenvalue weighted by Crippen LogP contribution is -3.00. The number of thioether (sulfide) groups is 1. The molecule has 0 spiro atoms. The normalized spacial score (nSPS) is 17.9. The fourth-order valence-electron chi connectivity index (χ4n) is 2.33. The summed E-state index contributed by atoms with van der Waals surface area (Å²) in [5.74, 6) is 1.18. The first-order valence-corrected chi connectivity index (χ1v) is 7.54. The highest BCUT2D eigenvalue weighted by Crippen LogP contribution is 2.31. The number of hydrogen-bond acceptors (Lipinski definition) is 1. The van der Waals surface area contributed by atoms with E-state index in [1.165, 1.54) is 27.2 Å². The Kier molecular flexibility index (Phi) is 4.16. The van der Waals surface area contributed by atoms with Gasteiger partial charge in [-0.2, -0.15) is 4.57 Å². The minimum Gasteiger partial charge on any atom is -1.00 e. The van der Waals surface area contributed by atoms with E-state index in [4.69, 9.17) is 0 Å². The van der Waals surface area contributed by atoms with Gasteiger partial charge in [-0.1, -0.05) is 39.8 Å². The topological polar surface area (TPSA) is 3.88 Å². The standard InChI is InChI=1S/C13H13BrNS.BrH/c1-9-6-13-15(10(7-14)8-16-13)12-5-3-2-4-11(9)12;/h2-6,10H,7-8H2,1H3;1H/q+1;/p-1. The lowest BCUT2D eigenvalue weighted by atomic mass is 10.1. The van der Waals surface area contributed by atoms with Gasteiger partial charge in [0.25, 0.3) is 0 Å². The maximum Gasteiger partial charge on any atom is 0.241 e. The van der Waals surface area contributed by atoms with Crippen molar-refractivity contribution < 1.29 is 21.5 Å². The van der Waals surface area contributed by atoms with Gasteiger partial charge in [-0.25, -0.2) is 0 Å². The van der Waals surface area contributed by atoms with Crippen molar-refractivity contribution in [2.24, 2.45) is 0 Å². The molecule has 3 rings (SSSR count). The minimum atomic E-state index is 0. The fraction of sp³-hybridized carbons (Fsp3) is 0.308. The lowest BCUT2D eigenvalue weighted by molar-refractivity contribution is -0.718. The molecule has 0 bridgehead atoms. The molecule has 17 heavy (non-hydrogen) atoms. The summed E-state index contributed by atoms with van der Waals surface area (Å²) in [6.07, 6.45) is 0. The van der Waals surface area contributed by atoms with Crippen LogP contribution in [-0.2, 0) is 0 Å². The summed E-state index contributed by atoms with van der Waals surface area (Å²) in [6, 6.07) is 11.6. The quantitative estimate of drug-likeness (QED) is 0.518. The summed E-state index contributed by atoms with van der Waals surface area (Å²) < 4.78 is 2.47. The summed E-state index contributed by atoms with van der Waals surface area (Å²) in [6.45, 7) is 2.20. The zero-order valence-corrected chi connectivity index (χ0v) is 13.5. The Morgan fingerprint density at radius 2 is 2.18 bits per heavy atom. The molecule has 0 saturated carbocycles. The Labute approximate surface area is 124 Å². The highest BCUT2D eigenvalue weighted by Gasteiger charge is 2.32. The molecule has 1 nitrogen and oxygen atoms in total. The summed E-state index contributed by atoms with van der Waals surface area (Å²) >= 11 is 5.58. The monoisotopic (exact) mass is 373 g/mol. The predicted octanol–water partition coefficient (Wildman–Crippen LogP) is 0.481. The summed E-state index contributed by atoms with van der Waals surface area (Å²) in [7, 11) is 0. The van der Waals surface area contributed by atoms with Gasteiger partial charge in [0.05, 0.1) is 11.1 Å². The zero-order chi connectivity index (χ0) is 11.1. The average Bonchev–Trinajstić information content (AvgIpc) is 2.72. The van der Waals surface area contributed by atoms with Gasteiger partial charge in [-0.15, -0.1) is 0 Å². The molecule has 1 aliphatic rings. The SMILES string of the molecule is Cc1cc2[n+](c3ccccc13)C(CBr)CS2.[Br-]. The molecular weight excluding hydrogens is 362 g/mol. The maximum absolute atomic E-state index is 3.62. The van der Waals surface area contributed by atoms with Crippen molar-refractivity contribution in [3.8, 4) is 0 Å². The Bertz CT molecular complexity index is 556. The van der Waals surface area contributed by atoms with Crippen molar-refractivity contribution in [2.75, 3.05) is 11.1 Å². The lowest BCUT2D eigenvalue weighted by Gasteiger charge is -2.06. The van der Waals surface area contributed by atoms with Crippen LogP contribution in [-0.4, -0.2) is 11.1 Å². The van der Waals surface area contributed by atoms with Crippen molar-refractivity contribution in [2.45, 2.75) is 18.0 Å². The number of alkyl halides is 1. The van der Waals surface area contributed by atoms with Crippen LogP contribution in [0.1, 0.15) is 11.6 Å². The van der Waals surface area contributed by atoms with Crippen molar-refractivity contribution in [1.29, 1.82) is 0 Å². The number of nitrogens with zero attached hydrogens (tertiary/aromatic N) is 1. The Balaban J connectivity index is 0.00000108. The molecule has 1 atom stereocenters. The molecule has 1 unspecified atom stereocenters. The van der Waals surface area contributed by atoms with E-state index in [-0.39, 0.29) is 17.0 Å². The van der Waals surface area contributed by atoms with E-state index in [2.05, 4.69) is 57.8 Å². The van der Waals surface area contributed by atoms with Crippen molar-refractivity contribution in [3.05, 3.63) is 35.9 Å². The molecule has 4 heteroatoms. The first-order chi connectivity index (χ1) is 7.81. The van der Waals surface area contributed by atoms with Crippen molar-refractivity contribution in [1.82, 2.24) is 0 Å². The van der Waals surface area contributed by atoms with E-state index < -0.39 is 0 Å². The number of para-hydroxylation sites is 1. The zero-order valence-electron chi connectivity index (χ0n) is 9.49. The largest absolute Gasteiger partial charge is 1.00 e. The minimum absolute atomic E-state index is 0. The van der Waals surface area contributed by atoms with Crippen LogP contribution in [0.25, 0.3) is 10.9 Å². The number of fused-ring (bicyclic) bond motifs is 3. The second-order valence-corrected chi connectivity index (χ2v) is 5.86. The van der Waals surface area contributed by atoms with Crippen LogP contribution < -0.4 is 21.5 Å². The number of benzene rings is 1. The first kappa shape index (κ1) is 13.4. The molecule has 0 saturated heterocycles. The van der Waals surface area contributed by atoms with Gasteiger partial charge in [0, 0.05) is 17.5 Å². The summed E-state index contributed by atoms with van der Waals surface area (Å²) in [5.41, 5.74) is 2.75. The number of hydrogen-bond donors (Lipinski definition) is 0. The highest BCUT2D eigenvalue weighted by molar-refractivity contribution is 9.09. The second-order valence-electron chi connectivity index (χ2n) is 4.17. The fourth-order valence-corrected chi connectivity index (χ4v) is 4.42. The third kappa shape index (κ3) is 2.15. The molecule has 0 amide bonds. The molecule has 0 N–H and O–H groups in total. The van der Waals surface area contributed by atoms with E-state index in [9.17, 15) is 0 Å². The first-order valence-electron chi connectivity index (χ1n) is 5.44. The van der Waals surface area contributed by atoms with Gasteiger partial charge < -0.3 is 17.0 Å². The summed E-state index contributed by atoms with van der Waals surface area (Å²) in [4.78, 5) is 0. The number of aromatic nitrogens is 1. The predicted molar refractivity (Wildman–Crippen MR) is 72.4 cm³/mol. The van der Waals surface area contributed by atoms with Crippen LogP contribution >= 0.6 is 27.7 Å². The van der Waals surface area contributed by atoms with E-state index in [1.807, 2.05) is 11.8 Å². The van der Waals surface area contributed by atoms with Crippen LogP contribution in [0.3, 0.4) is 0 Å². The van der Waals surface area contributed by atoms with Crippen LogP contribution in [0, 0.1) is 6.92 Å². The molecule has 1 aliphatic heterocycles. The van der Waals surface area contributed by atoms with Crippen LogP contribution in [0.5, 0.6) is 0 Å². The molecule has 2 aromatic rings. The smallest absolute Gasteiger partial charge is 0.241 e. The average molecular weight is 375 g/mol. The highest BCUT2D eigenvalue weighted by atomic mass is 79.9. The number of aryl methyl sites for hydroxylation is 1. The molecule has 2 heterocycles. The third-order valence-corrected chi connectivity index (χ3v) is 5.04. The van der Waals surface area contributed by atoms with Gasteiger partial charge >= 0.3 is 0 Å². The summed E-state index contributed by atoms with van der Waals surface area (Å²) in [5, 5.41) is 3.81. The number of rotatable bonds is 1. The third-order valence-electron chi connectivity index (χ3n) is 3.13. The molecule has 0 aliphatic carbocycles. The second kappa shape index (κ2) is 5.29. The Morgan fingerprint density at radius 1 is 1.41 bits per heavy atom. The van der Waals surface area contributed by atoms with Gasteiger partial charge in [-0.3, -0.25) is 0 Å². The van der Waals surface area contributed by atoms with E-state index >= 15 is 0 Å². The van der Waals surface area contributed by atoms with Crippen LogP contribution in [0.2, 0.25) is 0 Å². The van der Waals surface area contributed by atoms with Gasteiger partial charge in [0.1, 0.15) is 0 Å². The Morgan fingerprint density at radius 3 is 2.94 bits per heavy atom.